The van der Waals surface area contributed by atoms with Crippen LogP contribution in [0.5, 0.6) is 5.75 Å². The number of nitrogens with zero attached hydrogens (tertiary/aromatic N) is 2. The van der Waals surface area contributed by atoms with E-state index in [9.17, 15) is 14.9 Å². The maximum Gasteiger partial charge on any atom is 0.284 e. The van der Waals surface area contributed by atoms with Crippen LogP contribution in [0, 0.1) is 10.1 Å². The van der Waals surface area contributed by atoms with Crippen molar-refractivity contribution in [1.29, 1.82) is 0 Å². The second-order valence-electron chi connectivity index (χ2n) is 5.20. The van der Waals surface area contributed by atoms with E-state index in [-0.39, 0.29) is 23.5 Å². The Morgan fingerprint density at radius 1 is 1.25 bits per heavy atom. The highest BCUT2D eigenvalue weighted by Gasteiger charge is 2.25. The smallest absolute Gasteiger partial charge is 0.284 e. The summed E-state index contributed by atoms with van der Waals surface area (Å²) in [4.78, 5) is 24.6. The molecule has 0 aliphatic rings. The zero-order valence-electron chi connectivity index (χ0n) is 13.6. The number of rotatable bonds is 6. The van der Waals surface area contributed by atoms with Gasteiger partial charge in [0.2, 0.25) is 0 Å². The third kappa shape index (κ3) is 3.62. The quantitative estimate of drug-likeness (QED) is 0.499. The zero-order valence-corrected chi connectivity index (χ0v) is 13.6. The van der Waals surface area contributed by atoms with Crippen molar-refractivity contribution in [1.82, 2.24) is 4.90 Å². The van der Waals surface area contributed by atoms with Gasteiger partial charge in [0, 0.05) is 25.2 Å². The largest absolute Gasteiger partial charge is 0.494 e. The van der Waals surface area contributed by atoms with Gasteiger partial charge in [0.25, 0.3) is 11.6 Å². The number of nitrogens with two attached hydrogens (primary N) is 1. The lowest BCUT2D eigenvalue weighted by Gasteiger charge is -2.20. The van der Waals surface area contributed by atoms with E-state index in [0.29, 0.717) is 12.4 Å². The molecule has 0 saturated carbocycles. The molecule has 2 aromatic carbocycles. The van der Waals surface area contributed by atoms with Crippen LogP contribution in [0.3, 0.4) is 0 Å². The van der Waals surface area contributed by atoms with Crippen molar-refractivity contribution in [3.05, 3.63) is 63.7 Å². The van der Waals surface area contributed by atoms with E-state index in [0.717, 1.165) is 5.56 Å². The summed E-state index contributed by atoms with van der Waals surface area (Å²) < 4.78 is 5.54. The Bertz CT molecular complexity index is 761. The molecule has 0 unspecified atom stereocenters. The number of carbonyl (C=O) groups is 1. The first-order valence-electron chi connectivity index (χ1n) is 7.44. The average Bonchev–Trinajstić information content (AvgIpc) is 2.56. The molecule has 2 aromatic rings. The molecule has 0 bridgehead atoms. The van der Waals surface area contributed by atoms with Crippen molar-refractivity contribution in [3.8, 4) is 5.75 Å². The molecule has 24 heavy (non-hydrogen) atoms. The minimum atomic E-state index is -0.606. The Morgan fingerprint density at radius 3 is 2.62 bits per heavy atom. The van der Waals surface area contributed by atoms with Gasteiger partial charge >= 0.3 is 0 Å². The minimum absolute atomic E-state index is 0.0825. The van der Waals surface area contributed by atoms with Gasteiger partial charge < -0.3 is 15.4 Å². The summed E-state index contributed by atoms with van der Waals surface area (Å²) in [6, 6.07) is 11.5. The van der Waals surface area contributed by atoms with Crippen LogP contribution in [-0.4, -0.2) is 29.4 Å². The summed E-state index contributed by atoms with van der Waals surface area (Å²) in [5, 5.41) is 11.2. The third-order valence-electron chi connectivity index (χ3n) is 3.51. The zero-order chi connectivity index (χ0) is 17.7. The molecule has 7 heteroatoms. The number of amides is 1. The first kappa shape index (κ1) is 17.3. The molecule has 0 aromatic heterocycles. The number of carbonyl (C=O) groups excluding carboxylic acids is 1. The lowest BCUT2D eigenvalue weighted by molar-refractivity contribution is -0.385. The van der Waals surface area contributed by atoms with Crippen LogP contribution in [0.2, 0.25) is 0 Å². The van der Waals surface area contributed by atoms with Gasteiger partial charge in [0.1, 0.15) is 11.3 Å². The van der Waals surface area contributed by atoms with Crippen LogP contribution in [-0.2, 0) is 6.54 Å². The molecular formula is C17H19N3O4. The highest BCUT2D eigenvalue weighted by Crippen LogP contribution is 2.27. The second kappa shape index (κ2) is 7.45. The predicted octanol–water partition coefficient (Wildman–Crippen LogP) is 2.85. The normalized spacial score (nSPS) is 10.2. The number of ether oxygens (including phenoxy) is 1. The summed E-state index contributed by atoms with van der Waals surface area (Å²) in [5.41, 5.74) is 6.29. The molecule has 0 atom stereocenters. The van der Waals surface area contributed by atoms with Gasteiger partial charge in [-0.3, -0.25) is 14.9 Å². The number of nitro benzene ring substituents is 1. The number of anilines is 1. The first-order chi connectivity index (χ1) is 11.5. The predicted molar refractivity (Wildman–Crippen MR) is 90.9 cm³/mol. The summed E-state index contributed by atoms with van der Waals surface area (Å²) in [5.74, 6) is 0.168. The Balaban J connectivity index is 2.30. The monoisotopic (exact) mass is 329 g/mol. The van der Waals surface area contributed by atoms with Crippen LogP contribution < -0.4 is 10.5 Å². The maximum atomic E-state index is 12.7. The molecule has 0 aliphatic carbocycles. The van der Waals surface area contributed by atoms with E-state index >= 15 is 0 Å². The molecular weight excluding hydrogens is 310 g/mol. The van der Waals surface area contributed by atoms with E-state index in [1.165, 1.54) is 23.1 Å². The molecule has 2 rings (SSSR count). The van der Waals surface area contributed by atoms with Crippen LogP contribution in [0.4, 0.5) is 11.4 Å². The first-order valence-corrected chi connectivity index (χ1v) is 7.44. The average molecular weight is 329 g/mol. The summed E-state index contributed by atoms with van der Waals surface area (Å²) in [6.45, 7) is 2.63. The maximum absolute atomic E-state index is 12.7. The summed E-state index contributed by atoms with van der Waals surface area (Å²) in [6.07, 6.45) is 0. The SMILES string of the molecule is CCOc1ccccc1CN(C)C(=O)c1c(N)cccc1[N+](=O)[O-]. The van der Waals surface area contributed by atoms with Crippen molar-refractivity contribution in [2.24, 2.45) is 0 Å². The fourth-order valence-corrected chi connectivity index (χ4v) is 2.39. The Hall–Kier alpha value is -3.09. The van der Waals surface area contributed by atoms with E-state index < -0.39 is 10.8 Å². The standard InChI is InChI=1S/C17H19N3O4/c1-3-24-15-10-5-4-7-12(15)11-19(2)17(21)16-13(18)8-6-9-14(16)20(22)23/h4-10H,3,11,18H2,1-2H3. The molecule has 2 N–H and O–H groups in total. The molecule has 0 heterocycles. The molecule has 0 spiro atoms. The third-order valence-corrected chi connectivity index (χ3v) is 3.51. The van der Waals surface area contributed by atoms with Gasteiger partial charge in [-0.05, 0) is 19.1 Å². The van der Waals surface area contributed by atoms with E-state index in [1.807, 2.05) is 31.2 Å². The van der Waals surface area contributed by atoms with E-state index in [1.54, 1.807) is 7.05 Å². The lowest BCUT2D eigenvalue weighted by Crippen LogP contribution is -2.28. The molecule has 0 aliphatic heterocycles. The highest BCUT2D eigenvalue weighted by atomic mass is 16.6. The minimum Gasteiger partial charge on any atom is -0.494 e. The van der Waals surface area contributed by atoms with Crippen LogP contribution in [0.15, 0.2) is 42.5 Å². The Kier molecular flexibility index (Phi) is 5.36. The van der Waals surface area contributed by atoms with Gasteiger partial charge in [-0.2, -0.15) is 0 Å². The molecule has 0 fully saturated rings. The number of nitro groups is 1. The number of hydrogen-bond acceptors (Lipinski definition) is 5. The van der Waals surface area contributed by atoms with Crippen LogP contribution in [0.1, 0.15) is 22.8 Å². The molecule has 0 saturated heterocycles. The number of nitrogen functional groups attached to an aromatic ring is 1. The van der Waals surface area contributed by atoms with Crippen molar-refractivity contribution in [2.75, 3.05) is 19.4 Å². The van der Waals surface area contributed by atoms with Crippen molar-refractivity contribution in [2.45, 2.75) is 13.5 Å². The van der Waals surface area contributed by atoms with E-state index in [4.69, 9.17) is 10.5 Å². The number of benzene rings is 2. The van der Waals surface area contributed by atoms with Crippen LogP contribution >= 0.6 is 0 Å². The Labute approximate surface area is 139 Å². The summed E-state index contributed by atoms with van der Waals surface area (Å²) in [7, 11) is 1.57. The second-order valence-corrected chi connectivity index (χ2v) is 5.20. The fraction of sp³-hybridized carbons (Fsp3) is 0.235. The van der Waals surface area contributed by atoms with Crippen molar-refractivity contribution in [3.63, 3.8) is 0 Å². The molecule has 7 nitrogen and oxygen atoms in total. The van der Waals surface area contributed by atoms with Gasteiger partial charge in [0.05, 0.1) is 17.2 Å². The molecule has 0 radical (unpaired) electrons. The van der Waals surface area contributed by atoms with Gasteiger partial charge in [-0.25, -0.2) is 0 Å². The Morgan fingerprint density at radius 2 is 1.96 bits per heavy atom. The van der Waals surface area contributed by atoms with Gasteiger partial charge in [0.15, 0.2) is 0 Å². The number of hydrogen-bond donors (Lipinski definition) is 1. The van der Waals surface area contributed by atoms with Gasteiger partial charge in [-0.15, -0.1) is 0 Å². The summed E-state index contributed by atoms with van der Waals surface area (Å²) >= 11 is 0. The molecule has 126 valence electrons. The highest BCUT2D eigenvalue weighted by molar-refractivity contribution is 6.02. The number of para-hydroxylation sites is 1. The van der Waals surface area contributed by atoms with Crippen molar-refractivity contribution < 1.29 is 14.5 Å². The lowest BCUT2D eigenvalue weighted by atomic mass is 10.1. The topological polar surface area (TPSA) is 98.7 Å². The van der Waals surface area contributed by atoms with Crippen molar-refractivity contribution >= 4 is 17.3 Å². The van der Waals surface area contributed by atoms with E-state index in [2.05, 4.69) is 0 Å². The fourth-order valence-electron chi connectivity index (χ4n) is 2.39. The van der Waals surface area contributed by atoms with Crippen LogP contribution in [0.25, 0.3) is 0 Å². The molecule has 1 amide bonds. The van der Waals surface area contributed by atoms with Gasteiger partial charge in [-0.1, -0.05) is 24.3 Å².